The molecule has 1 aromatic heterocycles. The van der Waals surface area contributed by atoms with Crippen LogP contribution in [0.25, 0.3) is 11.5 Å². The Labute approximate surface area is 197 Å². The average molecular weight is 477 g/mol. The number of halogens is 2. The monoisotopic (exact) mass is 476 g/mol. The van der Waals surface area contributed by atoms with Gasteiger partial charge in [0.1, 0.15) is 18.2 Å². The summed E-state index contributed by atoms with van der Waals surface area (Å²) in [4.78, 5) is 14.1. The number of piperazine rings is 1. The Hall–Kier alpha value is -3.17. The highest BCUT2D eigenvalue weighted by atomic mass is 35.5. The minimum Gasteiger partial charge on any atom is -0.493 e. The van der Waals surface area contributed by atoms with Crippen molar-refractivity contribution in [1.82, 2.24) is 20.4 Å². The first-order valence-electron chi connectivity index (χ1n) is 10.5. The van der Waals surface area contributed by atoms with Crippen molar-refractivity contribution in [3.8, 4) is 17.2 Å². The van der Waals surface area contributed by atoms with Gasteiger partial charge in [0.15, 0.2) is 0 Å². The van der Waals surface area contributed by atoms with Crippen LogP contribution in [-0.2, 0) is 11.3 Å². The van der Waals surface area contributed by atoms with Crippen LogP contribution in [0.15, 0.2) is 52.9 Å². The Kier molecular flexibility index (Phi) is 8.62. The summed E-state index contributed by atoms with van der Waals surface area (Å²) in [6, 6.07) is 14.2. The molecule has 4 rings (SSSR count). The van der Waals surface area contributed by atoms with E-state index in [1.54, 1.807) is 24.0 Å². The largest absolute Gasteiger partial charge is 0.493 e. The fourth-order valence-electron chi connectivity index (χ4n) is 3.48. The number of rotatable bonds is 7. The molecule has 10 heteroatoms. The zero-order valence-corrected chi connectivity index (χ0v) is 19.0. The number of hydrogen-bond acceptors (Lipinski definition) is 7. The highest BCUT2D eigenvalue weighted by Crippen LogP contribution is 2.25. The van der Waals surface area contributed by atoms with Crippen molar-refractivity contribution < 1.29 is 23.1 Å². The molecule has 8 nitrogen and oxygen atoms in total. The molecule has 0 unspecified atom stereocenters. The first-order chi connectivity index (χ1) is 15.6. The topological polar surface area (TPSA) is 89.7 Å². The first kappa shape index (κ1) is 24.5. The standard InChI is InChI=1S/C23H25FN4O4.ClH/c1-16-26-27-22(32-16)20-8-7-19(13-21(20)24)30-12-9-18-14-28(11-10-25-18)23(29)31-15-17-5-3-2-4-6-17;/h2-8,13,18,25H,9-12,14-15H2,1H3;1H/t18-;/m1./s1. The van der Waals surface area contributed by atoms with Gasteiger partial charge in [-0.3, -0.25) is 0 Å². The summed E-state index contributed by atoms with van der Waals surface area (Å²) in [5.74, 6) is 0.432. The lowest BCUT2D eigenvalue weighted by molar-refractivity contribution is 0.0827. The molecule has 3 aromatic rings. The quantitative estimate of drug-likeness (QED) is 0.551. The smallest absolute Gasteiger partial charge is 0.410 e. The van der Waals surface area contributed by atoms with Crippen molar-refractivity contribution in [2.24, 2.45) is 0 Å². The Morgan fingerprint density at radius 1 is 1.24 bits per heavy atom. The van der Waals surface area contributed by atoms with Crippen LogP contribution in [0.5, 0.6) is 5.75 Å². The number of aryl methyl sites for hydroxylation is 1. The molecular weight excluding hydrogens is 451 g/mol. The predicted octanol–water partition coefficient (Wildman–Crippen LogP) is 3.99. The van der Waals surface area contributed by atoms with Gasteiger partial charge in [0.2, 0.25) is 5.89 Å². The number of carbonyl (C=O) groups excluding carboxylic acids is 1. The van der Waals surface area contributed by atoms with Crippen LogP contribution in [0.2, 0.25) is 0 Å². The molecule has 0 spiro atoms. The molecule has 1 saturated heterocycles. The predicted molar refractivity (Wildman–Crippen MR) is 122 cm³/mol. The minimum absolute atomic E-state index is 0. The van der Waals surface area contributed by atoms with Gasteiger partial charge >= 0.3 is 6.09 Å². The highest BCUT2D eigenvalue weighted by molar-refractivity contribution is 5.85. The minimum atomic E-state index is -0.491. The molecule has 0 saturated carbocycles. The van der Waals surface area contributed by atoms with E-state index in [1.165, 1.54) is 6.07 Å². The summed E-state index contributed by atoms with van der Waals surface area (Å²) in [5.41, 5.74) is 1.19. The summed E-state index contributed by atoms with van der Waals surface area (Å²) < 4.78 is 30.8. The lowest BCUT2D eigenvalue weighted by Crippen LogP contribution is -2.53. The van der Waals surface area contributed by atoms with Crippen LogP contribution >= 0.6 is 12.4 Å². The van der Waals surface area contributed by atoms with Gasteiger partial charge in [-0.2, -0.15) is 0 Å². The Balaban J connectivity index is 0.00000306. The third kappa shape index (κ3) is 6.66. The van der Waals surface area contributed by atoms with E-state index in [4.69, 9.17) is 13.9 Å². The zero-order valence-electron chi connectivity index (χ0n) is 18.2. The molecule has 176 valence electrons. The second-order valence-electron chi connectivity index (χ2n) is 7.54. The molecule has 1 amide bonds. The maximum Gasteiger partial charge on any atom is 0.410 e. The number of hydrogen-bond donors (Lipinski definition) is 1. The van der Waals surface area contributed by atoms with Crippen molar-refractivity contribution >= 4 is 18.5 Å². The van der Waals surface area contributed by atoms with Crippen LogP contribution in [0, 0.1) is 12.7 Å². The fourth-order valence-corrected chi connectivity index (χ4v) is 3.48. The van der Waals surface area contributed by atoms with Crippen LogP contribution in [-0.4, -0.2) is 53.5 Å². The maximum atomic E-state index is 14.4. The van der Waals surface area contributed by atoms with E-state index in [2.05, 4.69) is 15.5 Å². The Morgan fingerprint density at radius 2 is 2.06 bits per heavy atom. The lowest BCUT2D eigenvalue weighted by Gasteiger charge is -2.33. The molecule has 2 heterocycles. The van der Waals surface area contributed by atoms with Crippen molar-refractivity contribution in [1.29, 1.82) is 0 Å². The number of amides is 1. The van der Waals surface area contributed by atoms with E-state index in [1.807, 2.05) is 30.3 Å². The number of nitrogens with one attached hydrogen (secondary N) is 1. The van der Waals surface area contributed by atoms with Gasteiger partial charge in [-0.1, -0.05) is 30.3 Å². The summed E-state index contributed by atoms with van der Waals surface area (Å²) >= 11 is 0. The Bertz CT molecular complexity index is 1050. The SMILES string of the molecule is Cc1nnc(-c2ccc(OCC[C@@H]3CN(C(=O)OCc4ccccc4)CCN3)cc2F)o1.Cl. The molecule has 33 heavy (non-hydrogen) atoms. The molecule has 1 fully saturated rings. The van der Waals surface area contributed by atoms with E-state index in [0.717, 1.165) is 5.56 Å². The van der Waals surface area contributed by atoms with Crippen molar-refractivity contribution in [2.45, 2.75) is 26.0 Å². The molecule has 2 aromatic carbocycles. The molecule has 1 aliphatic rings. The summed E-state index contributed by atoms with van der Waals surface area (Å²) in [6.45, 7) is 4.08. The highest BCUT2D eigenvalue weighted by Gasteiger charge is 2.24. The average Bonchev–Trinajstić information content (AvgIpc) is 3.24. The molecular formula is C23H26ClFN4O4. The normalized spacial score (nSPS) is 15.6. The molecule has 1 N–H and O–H groups in total. The second-order valence-corrected chi connectivity index (χ2v) is 7.54. The van der Waals surface area contributed by atoms with Crippen LogP contribution in [0.3, 0.4) is 0 Å². The molecule has 0 bridgehead atoms. The van der Waals surface area contributed by atoms with E-state index in [0.29, 0.717) is 44.3 Å². The van der Waals surface area contributed by atoms with Crippen LogP contribution in [0.4, 0.5) is 9.18 Å². The van der Waals surface area contributed by atoms with Crippen molar-refractivity contribution in [3.63, 3.8) is 0 Å². The number of benzene rings is 2. The maximum absolute atomic E-state index is 14.4. The van der Waals surface area contributed by atoms with Gasteiger partial charge in [-0.25, -0.2) is 9.18 Å². The molecule has 0 aliphatic carbocycles. The Morgan fingerprint density at radius 3 is 2.79 bits per heavy atom. The first-order valence-corrected chi connectivity index (χ1v) is 10.5. The van der Waals surface area contributed by atoms with Crippen molar-refractivity contribution in [3.05, 3.63) is 65.8 Å². The van der Waals surface area contributed by atoms with Gasteiger partial charge in [0.25, 0.3) is 5.89 Å². The number of carbonyl (C=O) groups is 1. The third-order valence-corrected chi connectivity index (χ3v) is 5.15. The van der Waals surface area contributed by atoms with Crippen LogP contribution in [0.1, 0.15) is 17.9 Å². The van der Waals surface area contributed by atoms with Gasteiger partial charge in [0.05, 0.1) is 12.2 Å². The summed E-state index contributed by atoms with van der Waals surface area (Å²) in [5, 5.41) is 10.9. The van der Waals surface area contributed by atoms with E-state index < -0.39 is 5.82 Å². The van der Waals surface area contributed by atoms with Gasteiger partial charge in [0, 0.05) is 38.7 Å². The van der Waals surface area contributed by atoms with Gasteiger partial charge in [-0.15, -0.1) is 22.6 Å². The second kappa shape index (κ2) is 11.6. The lowest BCUT2D eigenvalue weighted by atomic mass is 10.1. The molecule has 0 radical (unpaired) electrons. The number of ether oxygens (including phenoxy) is 2. The van der Waals surface area contributed by atoms with E-state index in [9.17, 15) is 9.18 Å². The number of aromatic nitrogens is 2. The molecule has 1 atom stereocenters. The zero-order chi connectivity index (χ0) is 22.3. The summed E-state index contributed by atoms with van der Waals surface area (Å²) in [7, 11) is 0. The number of nitrogens with zero attached hydrogens (tertiary/aromatic N) is 3. The van der Waals surface area contributed by atoms with Gasteiger partial charge < -0.3 is 24.1 Å². The summed E-state index contributed by atoms with van der Waals surface area (Å²) in [6.07, 6.45) is 0.338. The van der Waals surface area contributed by atoms with Gasteiger partial charge in [-0.05, 0) is 24.1 Å². The van der Waals surface area contributed by atoms with E-state index >= 15 is 0 Å². The van der Waals surface area contributed by atoms with Crippen molar-refractivity contribution in [2.75, 3.05) is 26.2 Å². The fraction of sp³-hybridized carbons (Fsp3) is 0.348. The molecule has 1 aliphatic heterocycles. The van der Waals surface area contributed by atoms with Crippen LogP contribution < -0.4 is 10.1 Å². The third-order valence-electron chi connectivity index (χ3n) is 5.15. The van der Waals surface area contributed by atoms with E-state index in [-0.39, 0.29) is 42.6 Å².